The van der Waals surface area contributed by atoms with Gasteiger partial charge in [-0.1, -0.05) is 44.2 Å². The van der Waals surface area contributed by atoms with Crippen molar-refractivity contribution in [2.75, 3.05) is 0 Å². The van der Waals surface area contributed by atoms with Crippen LogP contribution in [0.5, 0.6) is 0 Å². The number of ether oxygens (including phenoxy) is 1. The van der Waals surface area contributed by atoms with Crippen molar-refractivity contribution in [3.05, 3.63) is 35.9 Å². The third-order valence-corrected chi connectivity index (χ3v) is 2.29. The maximum atomic E-state index is 5.95. The molecule has 0 fully saturated rings. The average molecular weight is 206 g/mol. The Bertz CT molecular complexity index is 254. The summed E-state index contributed by atoms with van der Waals surface area (Å²) in [5.74, 6) is 0.661. The second kappa shape index (κ2) is 5.92. The van der Waals surface area contributed by atoms with Crippen molar-refractivity contribution >= 4 is 0 Å². The maximum absolute atomic E-state index is 5.95. The minimum atomic E-state index is 0.242. The Balaban J connectivity index is 2.72. The van der Waals surface area contributed by atoms with E-state index in [1.807, 2.05) is 6.07 Å². The van der Waals surface area contributed by atoms with E-state index in [1.54, 1.807) is 0 Å². The van der Waals surface area contributed by atoms with Gasteiger partial charge in [-0.3, -0.25) is 0 Å². The zero-order chi connectivity index (χ0) is 11.3. The van der Waals surface area contributed by atoms with Gasteiger partial charge < -0.3 is 4.74 Å². The smallest absolute Gasteiger partial charge is 0.0830 e. The predicted molar refractivity (Wildman–Crippen MR) is 64.9 cm³/mol. The third kappa shape index (κ3) is 4.48. The molecule has 1 atom stereocenters. The van der Waals surface area contributed by atoms with E-state index in [1.165, 1.54) is 5.56 Å². The van der Waals surface area contributed by atoms with Crippen molar-refractivity contribution in [1.29, 1.82) is 0 Å². The molecular formula is C14H22O. The van der Waals surface area contributed by atoms with Gasteiger partial charge in [0.05, 0.1) is 12.2 Å². The number of hydrogen-bond acceptors (Lipinski definition) is 1. The van der Waals surface area contributed by atoms with Gasteiger partial charge in [0.15, 0.2) is 0 Å². The predicted octanol–water partition coefficient (Wildman–Crippen LogP) is 4.20. The van der Waals surface area contributed by atoms with Crippen LogP contribution in [0.2, 0.25) is 0 Å². The molecule has 0 aliphatic rings. The summed E-state index contributed by atoms with van der Waals surface area (Å²) >= 11 is 0. The molecule has 0 radical (unpaired) electrons. The molecule has 1 aromatic rings. The lowest BCUT2D eigenvalue weighted by molar-refractivity contribution is -0.00487. The molecule has 0 aliphatic carbocycles. The summed E-state index contributed by atoms with van der Waals surface area (Å²) in [6.45, 7) is 8.66. The van der Waals surface area contributed by atoms with Crippen LogP contribution in [0.1, 0.15) is 45.8 Å². The molecule has 0 aromatic heterocycles. The SMILES string of the molecule is CC(C)CC(OC(C)C)c1ccccc1. The molecular weight excluding hydrogens is 184 g/mol. The van der Waals surface area contributed by atoms with E-state index < -0.39 is 0 Å². The van der Waals surface area contributed by atoms with E-state index in [0.717, 1.165) is 6.42 Å². The number of rotatable bonds is 5. The molecule has 0 saturated carbocycles. The highest BCUT2D eigenvalue weighted by Gasteiger charge is 2.14. The van der Waals surface area contributed by atoms with Gasteiger partial charge in [0, 0.05) is 0 Å². The Kier molecular flexibility index (Phi) is 4.83. The van der Waals surface area contributed by atoms with E-state index in [2.05, 4.69) is 52.0 Å². The molecule has 1 nitrogen and oxygen atoms in total. The van der Waals surface area contributed by atoms with Gasteiger partial charge in [0.1, 0.15) is 0 Å². The Labute approximate surface area is 93.5 Å². The van der Waals surface area contributed by atoms with E-state index in [4.69, 9.17) is 4.74 Å². The molecule has 15 heavy (non-hydrogen) atoms. The van der Waals surface area contributed by atoms with Crippen LogP contribution in [0.15, 0.2) is 30.3 Å². The van der Waals surface area contributed by atoms with Crippen LogP contribution in [-0.4, -0.2) is 6.10 Å². The maximum Gasteiger partial charge on any atom is 0.0830 e. The van der Waals surface area contributed by atoms with Crippen LogP contribution in [-0.2, 0) is 4.74 Å². The van der Waals surface area contributed by atoms with Crippen LogP contribution in [0.3, 0.4) is 0 Å². The molecule has 0 aliphatic heterocycles. The molecule has 1 heteroatoms. The van der Waals surface area contributed by atoms with Gasteiger partial charge in [-0.25, -0.2) is 0 Å². The van der Waals surface area contributed by atoms with Crippen LogP contribution >= 0.6 is 0 Å². The van der Waals surface area contributed by atoms with Crippen molar-refractivity contribution in [2.24, 2.45) is 5.92 Å². The monoisotopic (exact) mass is 206 g/mol. The van der Waals surface area contributed by atoms with Gasteiger partial charge >= 0.3 is 0 Å². The second-order valence-corrected chi connectivity index (χ2v) is 4.71. The molecule has 1 aromatic carbocycles. The molecule has 0 heterocycles. The van der Waals surface area contributed by atoms with Gasteiger partial charge in [0.25, 0.3) is 0 Å². The fourth-order valence-corrected chi connectivity index (χ4v) is 1.69. The highest BCUT2D eigenvalue weighted by atomic mass is 16.5. The zero-order valence-electron chi connectivity index (χ0n) is 10.2. The third-order valence-electron chi connectivity index (χ3n) is 2.29. The Morgan fingerprint density at radius 1 is 1.00 bits per heavy atom. The van der Waals surface area contributed by atoms with Crippen molar-refractivity contribution < 1.29 is 4.74 Å². The summed E-state index contributed by atoms with van der Waals surface area (Å²) in [4.78, 5) is 0. The summed E-state index contributed by atoms with van der Waals surface area (Å²) in [6, 6.07) is 10.5. The highest BCUT2D eigenvalue weighted by Crippen LogP contribution is 2.26. The lowest BCUT2D eigenvalue weighted by Gasteiger charge is -2.22. The summed E-state index contributed by atoms with van der Waals surface area (Å²) in [5, 5.41) is 0. The molecule has 0 amide bonds. The number of hydrogen-bond donors (Lipinski definition) is 0. The normalized spacial score (nSPS) is 13.5. The Morgan fingerprint density at radius 3 is 2.07 bits per heavy atom. The molecule has 1 unspecified atom stereocenters. The van der Waals surface area contributed by atoms with Crippen LogP contribution in [0.4, 0.5) is 0 Å². The average Bonchev–Trinajstić information content (AvgIpc) is 2.17. The lowest BCUT2D eigenvalue weighted by atomic mass is 9.99. The molecule has 1 rings (SSSR count). The summed E-state index contributed by atoms with van der Waals surface area (Å²) in [6.07, 6.45) is 1.61. The minimum absolute atomic E-state index is 0.242. The summed E-state index contributed by atoms with van der Waals surface area (Å²) in [7, 11) is 0. The number of benzene rings is 1. The topological polar surface area (TPSA) is 9.23 Å². The van der Waals surface area contributed by atoms with Gasteiger partial charge in [-0.15, -0.1) is 0 Å². The molecule has 0 spiro atoms. The second-order valence-electron chi connectivity index (χ2n) is 4.71. The summed E-state index contributed by atoms with van der Waals surface area (Å²) < 4.78 is 5.95. The van der Waals surface area contributed by atoms with Gasteiger partial charge in [-0.05, 0) is 31.7 Å². The highest BCUT2D eigenvalue weighted by molar-refractivity contribution is 5.17. The van der Waals surface area contributed by atoms with Gasteiger partial charge in [-0.2, -0.15) is 0 Å². The van der Waals surface area contributed by atoms with Gasteiger partial charge in [0.2, 0.25) is 0 Å². The van der Waals surface area contributed by atoms with Crippen LogP contribution in [0, 0.1) is 5.92 Å². The zero-order valence-corrected chi connectivity index (χ0v) is 10.2. The quantitative estimate of drug-likeness (QED) is 0.701. The van der Waals surface area contributed by atoms with E-state index in [9.17, 15) is 0 Å². The Morgan fingerprint density at radius 2 is 1.60 bits per heavy atom. The van der Waals surface area contributed by atoms with Crippen molar-refractivity contribution in [1.82, 2.24) is 0 Å². The van der Waals surface area contributed by atoms with Crippen LogP contribution in [0.25, 0.3) is 0 Å². The standard InChI is InChI=1S/C14H22O/c1-11(2)10-14(15-12(3)4)13-8-6-5-7-9-13/h5-9,11-12,14H,10H2,1-4H3. The fraction of sp³-hybridized carbons (Fsp3) is 0.571. The molecule has 0 saturated heterocycles. The molecule has 0 bridgehead atoms. The van der Waals surface area contributed by atoms with E-state index in [-0.39, 0.29) is 12.2 Å². The minimum Gasteiger partial charge on any atom is -0.371 e. The lowest BCUT2D eigenvalue weighted by Crippen LogP contribution is -2.12. The first-order chi connectivity index (χ1) is 7.09. The largest absolute Gasteiger partial charge is 0.371 e. The van der Waals surface area contributed by atoms with E-state index >= 15 is 0 Å². The Hall–Kier alpha value is -0.820. The molecule has 84 valence electrons. The van der Waals surface area contributed by atoms with E-state index in [0.29, 0.717) is 5.92 Å². The first-order valence-corrected chi connectivity index (χ1v) is 5.80. The summed E-state index contributed by atoms with van der Waals surface area (Å²) in [5.41, 5.74) is 1.29. The molecule has 0 N–H and O–H groups in total. The van der Waals surface area contributed by atoms with Crippen molar-refractivity contribution in [2.45, 2.75) is 46.3 Å². The first-order valence-electron chi connectivity index (χ1n) is 5.80. The van der Waals surface area contributed by atoms with Crippen LogP contribution < -0.4 is 0 Å². The fourth-order valence-electron chi connectivity index (χ4n) is 1.69. The van der Waals surface area contributed by atoms with Crippen molar-refractivity contribution in [3.8, 4) is 0 Å². The van der Waals surface area contributed by atoms with Crippen molar-refractivity contribution in [3.63, 3.8) is 0 Å². The first kappa shape index (κ1) is 12.3.